The fourth-order valence-corrected chi connectivity index (χ4v) is 3.40. The summed E-state index contributed by atoms with van der Waals surface area (Å²) in [6.07, 6.45) is 1.23. The summed E-state index contributed by atoms with van der Waals surface area (Å²) in [4.78, 5) is 37.8. The minimum absolute atomic E-state index is 0.0141. The van der Waals surface area contributed by atoms with Gasteiger partial charge in [-0.3, -0.25) is 9.59 Å². The van der Waals surface area contributed by atoms with Crippen LogP contribution in [0.15, 0.2) is 36.4 Å². The number of rotatable bonds is 7. The van der Waals surface area contributed by atoms with Crippen molar-refractivity contribution < 1.29 is 23.9 Å². The van der Waals surface area contributed by atoms with Gasteiger partial charge in [0.05, 0.1) is 22.9 Å². The number of amides is 1. The van der Waals surface area contributed by atoms with Gasteiger partial charge in [0.25, 0.3) is 0 Å². The Balaban J connectivity index is 1.78. The average molecular weight is 416 g/mol. The first-order valence-corrected chi connectivity index (χ1v) is 9.82. The molecule has 1 aliphatic heterocycles. The number of carbonyl (C=O) groups is 3. The molecular weight excluding hydrogens is 394 g/mol. The molecule has 1 heterocycles. The van der Waals surface area contributed by atoms with Crippen LogP contribution in [0.2, 0.25) is 5.02 Å². The number of ether oxygens (including phenoxy) is 2. The summed E-state index contributed by atoms with van der Waals surface area (Å²) >= 11 is 6.23. The van der Waals surface area contributed by atoms with Crippen LogP contribution in [0.1, 0.15) is 53.0 Å². The minimum Gasteiger partial charge on any atom is -0.493 e. The van der Waals surface area contributed by atoms with Gasteiger partial charge in [0, 0.05) is 24.1 Å². The predicted octanol–water partition coefficient (Wildman–Crippen LogP) is 4.43. The first-order valence-electron chi connectivity index (χ1n) is 9.44. The molecule has 0 unspecified atom stereocenters. The molecule has 1 saturated heterocycles. The third-order valence-corrected chi connectivity index (χ3v) is 4.99. The maximum Gasteiger partial charge on any atom is 0.338 e. The summed E-state index contributed by atoms with van der Waals surface area (Å²) < 4.78 is 11.0. The minimum atomic E-state index is -0.551. The number of nitrogens with zero attached hydrogens (tertiary/aromatic N) is 1. The Kier molecular flexibility index (Phi) is 6.54. The zero-order valence-corrected chi connectivity index (χ0v) is 17.1. The Morgan fingerprint density at radius 3 is 2.55 bits per heavy atom. The summed E-state index contributed by atoms with van der Waals surface area (Å²) in [5.41, 5.74) is 1.93. The molecule has 2 aromatic carbocycles. The van der Waals surface area contributed by atoms with Crippen LogP contribution >= 0.6 is 11.6 Å². The van der Waals surface area contributed by atoms with E-state index in [4.69, 9.17) is 21.1 Å². The summed E-state index contributed by atoms with van der Waals surface area (Å²) in [6, 6.07) is 9.76. The SMILES string of the molecule is CCOc1ccc(C(C)=O)cc1COC(=O)c1ccc(Cl)c(N2CCCC2=O)c1. The highest BCUT2D eigenvalue weighted by molar-refractivity contribution is 6.34. The number of anilines is 1. The van der Waals surface area contributed by atoms with Crippen molar-refractivity contribution in [3.05, 3.63) is 58.1 Å². The molecule has 1 aliphatic rings. The van der Waals surface area contributed by atoms with Gasteiger partial charge < -0.3 is 14.4 Å². The lowest BCUT2D eigenvalue weighted by molar-refractivity contribution is -0.117. The highest BCUT2D eigenvalue weighted by Crippen LogP contribution is 2.31. The lowest BCUT2D eigenvalue weighted by Gasteiger charge is -2.18. The second kappa shape index (κ2) is 9.09. The molecular formula is C22H22ClNO5. The Morgan fingerprint density at radius 2 is 1.90 bits per heavy atom. The van der Waals surface area contributed by atoms with E-state index in [1.165, 1.54) is 6.92 Å². The van der Waals surface area contributed by atoms with Crippen molar-refractivity contribution in [3.8, 4) is 5.75 Å². The Labute approximate surface area is 174 Å². The van der Waals surface area contributed by atoms with Crippen LogP contribution < -0.4 is 9.64 Å². The number of esters is 1. The number of hydrogen-bond donors (Lipinski definition) is 0. The van der Waals surface area contributed by atoms with Crippen molar-refractivity contribution in [3.63, 3.8) is 0 Å². The highest BCUT2D eigenvalue weighted by Gasteiger charge is 2.24. The highest BCUT2D eigenvalue weighted by atomic mass is 35.5. The Morgan fingerprint density at radius 1 is 1.14 bits per heavy atom. The molecule has 0 radical (unpaired) electrons. The van der Waals surface area contributed by atoms with Gasteiger partial charge in [-0.25, -0.2) is 4.79 Å². The van der Waals surface area contributed by atoms with Crippen LogP contribution in [0.25, 0.3) is 0 Å². The number of Topliss-reactive ketones (excluding diaryl/α,β-unsaturated/α-hetero) is 1. The van der Waals surface area contributed by atoms with E-state index >= 15 is 0 Å². The summed E-state index contributed by atoms with van der Waals surface area (Å²) in [6.45, 7) is 4.30. The van der Waals surface area contributed by atoms with Gasteiger partial charge in [-0.2, -0.15) is 0 Å². The molecule has 29 heavy (non-hydrogen) atoms. The van der Waals surface area contributed by atoms with E-state index in [2.05, 4.69) is 0 Å². The van der Waals surface area contributed by atoms with Gasteiger partial charge in [-0.1, -0.05) is 11.6 Å². The fraction of sp³-hybridized carbons (Fsp3) is 0.318. The largest absolute Gasteiger partial charge is 0.493 e. The quantitative estimate of drug-likeness (QED) is 0.494. The molecule has 0 atom stereocenters. The third kappa shape index (κ3) is 4.77. The van der Waals surface area contributed by atoms with E-state index < -0.39 is 5.97 Å². The van der Waals surface area contributed by atoms with E-state index in [1.807, 2.05) is 6.92 Å². The molecule has 0 saturated carbocycles. The van der Waals surface area contributed by atoms with Gasteiger partial charge in [0.1, 0.15) is 12.4 Å². The van der Waals surface area contributed by atoms with E-state index in [0.29, 0.717) is 52.7 Å². The zero-order valence-electron chi connectivity index (χ0n) is 16.4. The van der Waals surface area contributed by atoms with E-state index in [0.717, 1.165) is 6.42 Å². The average Bonchev–Trinajstić information content (AvgIpc) is 3.13. The van der Waals surface area contributed by atoms with Crippen molar-refractivity contribution >= 4 is 34.9 Å². The molecule has 2 aromatic rings. The molecule has 0 bridgehead atoms. The molecule has 1 fully saturated rings. The number of benzene rings is 2. The van der Waals surface area contributed by atoms with Crippen LogP contribution in [0, 0.1) is 0 Å². The first kappa shape index (κ1) is 20.9. The summed E-state index contributed by atoms with van der Waals surface area (Å²) in [5, 5.41) is 0.407. The normalized spacial score (nSPS) is 13.5. The third-order valence-electron chi connectivity index (χ3n) is 4.67. The molecule has 0 aliphatic carbocycles. The van der Waals surface area contributed by atoms with Gasteiger partial charge in [-0.05, 0) is 56.7 Å². The lowest BCUT2D eigenvalue weighted by Crippen LogP contribution is -2.24. The van der Waals surface area contributed by atoms with Crippen LogP contribution in [0.3, 0.4) is 0 Å². The zero-order chi connectivity index (χ0) is 21.0. The maximum atomic E-state index is 12.6. The number of halogens is 1. The summed E-state index contributed by atoms with van der Waals surface area (Å²) in [7, 11) is 0. The second-order valence-electron chi connectivity index (χ2n) is 6.70. The number of carbonyl (C=O) groups excluding carboxylic acids is 3. The first-order chi connectivity index (χ1) is 13.9. The van der Waals surface area contributed by atoms with Crippen molar-refractivity contribution in [1.29, 1.82) is 0 Å². The summed E-state index contributed by atoms with van der Waals surface area (Å²) in [5.74, 6) is -0.0898. The smallest absolute Gasteiger partial charge is 0.338 e. The van der Waals surface area contributed by atoms with E-state index in [1.54, 1.807) is 41.3 Å². The standard InChI is InChI=1S/C22H22ClNO5/c1-3-28-20-9-7-15(14(2)25)11-17(20)13-29-22(27)16-6-8-18(23)19(12-16)24-10-4-5-21(24)26/h6-9,11-12H,3-5,10,13H2,1-2H3. The van der Waals surface area contributed by atoms with Crippen LogP contribution in [-0.4, -0.2) is 30.8 Å². The molecule has 3 rings (SSSR count). The fourth-order valence-electron chi connectivity index (χ4n) is 3.18. The van der Waals surface area contributed by atoms with Crippen LogP contribution in [-0.2, 0) is 16.1 Å². The number of hydrogen-bond acceptors (Lipinski definition) is 5. The van der Waals surface area contributed by atoms with E-state index in [9.17, 15) is 14.4 Å². The Bertz CT molecular complexity index is 956. The van der Waals surface area contributed by atoms with Gasteiger partial charge >= 0.3 is 5.97 Å². The predicted molar refractivity (Wildman–Crippen MR) is 110 cm³/mol. The molecule has 0 aromatic heterocycles. The van der Waals surface area contributed by atoms with Crippen molar-refractivity contribution in [2.75, 3.05) is 18.1 Å². The van der Waals surface area contributed by atoms with Crippen molar-refractivity contribution in [1.82, 2.24) is 0 Å². The van der Waals surface area contributed by atoms with Crippen molar-refractivity contribution in [2.24, 2.45) is 0 Å². The van der Waals surface area contributed by atoms with Crippen LogP contribution in [0.5, 0.6) is 5.75 Å². The molecule has 7 heteroatoms. The molecule has 0 spiro atoms. The molecule has 6 nitrogen and oxygen atoms in total. The molecule has 1 amide bonds. The lowest BCUT2D eigenvalue weighted by atomic mass is 10.1. The van der Waals surface area contributed by atoms with Crippen molar-refractivity contribution in [2.45, 2.75) is 33.3 Å². The van der Waals surface area contributed by atoms with Gasteiger partial charge in [-0.15, -0.1) is 0 Å². The molecule has 152 valence electrons. The van der Waals surface area contributed by atoms with Gasteiger partial charge in [0.15, 0.2) is 5.78 Å². The monoisotopic (exact) mass is 415 g/mol. The topological polar surface area (TPSA) is 72.9 Å². The van der Waals surface area contributed by atoms with Gasteiger partial charge in [0.2, 0.25) is 5.91 Å². The number of ketones is 1. The molecule has 0 N–H and O–H groups in total. The second-order valence-corrected chi connectivity index (χ2v) is 7.11. The van der Waals surface area contributed by atoms with E-state index in [-0.39, 0.29) is 18.3 Å². The van der Waals surface area contributed by atoms with Crippen LogP contribution in [0.4, 0.5) is 5.69 Å². The maximum absolute atomic E-state index is 12.6. The Hall–Kier alpha value is -2.86.